The van der Waals surface area contributed by atoms with E-state index >= 15 is 0 Å². The molecule has 2 nitrogen and oxygen atoms in total. The van der Waals surface area contributed by atoms with Gasteiger partial charge in [0.25, 0.3) is 0 Å². The molecule has 1 aliphatic heterocycles. The number of carbonyl (C=O) groups is 1. The first-order valence-corrected chi connectivity index (χ1v) is 9.47. The Bertz CT molecular complexity index is 699. The fourth-order valence-corrected chi connectivity index (χ4v) is 3.81. The molecule has 2 aromatic rings. The highest BCUT2D eigenvalue weighted by Crippen LogP contribution is 2.19. The highest BCUT2D eigenvalue weighted by atomic mass is 79.9. The van der Waals surface area contributed by atoms with Crippen molar-refractivity contribution in [2.75, 3.05) is 24.6 Å². The summed E-state index contributed by atoms with van der Waals surface area (Å²) in [5, 5.41) is 0. The van der Waals surface area contributed by atoms with Gasteiger partial charge in [-0.3, -0.25) is 9.69 Å². The third-order valence-electron chi connectivity index (χ3n) is 3.91. The lowest BCUT2D eigenvalue weighted by Gasteiger charge is -2.26. The molecule has 0 amide bonds. The number of hydrogen-bond donors (Lipinski definition) is 0. The van der Waals surface area contributed by atoms with E-state index in [9.17, 15) is 9.18 Å². The average molecular weight is 394 g/mol. The van der Waals surface area contributed by atoms with Crippen molar-refractivity contribution in [1.82, 2.24) is 4.90 Å². The Balaban J connectivity index is 1.70. The Morgan fingerprint density at radius 3 is 2.39 bits per heavy atom. The quantitative estimate of drug-likeness (QED) is 0.719. The summed E-state index contributed by atoms with van der Waals surface area (Å²) in [6.07, 6.45) is 0. The zero-order valence-corrected chi connectivity index (χ0v) is 15.0. The van der Waals surface area contributed by atoms with Gasteiger partial charge >= 0.3 is 0 Å². The molecule has 23 heavy (non-hydrogen) atoms. The van der Waals surface area contributed by atoms with Crippen LogP contribution in [-0.2, 0) is 6.54 Å². The second-order valence-electron chi connectivity index (χ2n) is 5.54. The van der Waals surface area contributed by atoms with Crippen LogP contribution in [0.15, 0.2) is 46.9 Å². The van der Waals surface area contributed by atoms with Crippen LogP contribution in [0.2, 0.25) is 0 Å². The number of benzene rings is 2. The van der Waals surface area contributed by atoms with Crippen LogP contribution in [0.25, 0.3) is 0 Å². The molecule has 0 radical (unpaired) electrons. The Morgan fingerprint density at radius 2 is 1.74 bits per heavy atom. The highest BCUT2D eigenvalue weighted by Gasteiger charge is 2.13. The van der Waals surface area contributed by atoms with E-state index in [4.69, 9.17) is 0 Å². The van der Waals surface area contributed by atoms with Crippen LogP contribution in [0.3, 0.4) is 0 Å². The lowest BCUT2D eigenvalue weighted by molar-refractivity contribution is 0.103. The lowest BCUT2D eigenvalue weighted by atomic mass is 10.0. The van der Waals surface area contributed by atoms with E-state index < -0.39 is 5.82 Å². The van der Waals surface area contributed by atoms with E-state index in [-0.39, 0.29) is 5.78 Å². The number of nitrogens with zero attached hydrogens (tertiary/aromatic N) is 1. The third kappa shape index (κ3) is 4.22. The SMILES string of the molecule is O=C(c1ccc(CN2CCSCC2)cc1)c1ccc(Br)c(F)c1. The summed E-state index contributed by atoms with van der Waals surface area (Å²) in [6, 6.07) is 12.1. The molecule has 1 fully saturated rings. The number of carbonyl (C=O) groups excluding carboxylic acids is 1. The first-order chi connectivity index (χ1) is 11.1. The Hall–Kier alpha value is -1.17. The summed E-state index contributed by atoms with van der Waals surface area (Å²) in [5.74, 6) is 1.80. The summed E-state index contributed by atoms with van der Waals surface area (Å²) in [5.41, 5.74) is 2.16. The standard InChI is InChI=1S/C18H17BrFNOS/c19-16-6-5-15(11-17(16)20)18(22)14-3-1-13(2-4-14)12-21-7-9-23-10-8-21/h1-6,11H,7-10,12H2. The van der Waals surface area contributed by atoms with E-state index in [1.54, 1.807) is 12.1 Å². The predicted molar refractivity (Wildman–Crippen MR) is 96.6 cm³/mol. The summed E-state index contributed by atoms with van der Waals surface area (Å²) in [7, 11) is 0. The summed E-state index contributed by atoms with van der Waals surface area (Å²) >= 11 is 5.09. The molecule has 2 aromatic carbocycles. The van der Waals surface area contributed by atoms with Gasteiger partial charge in [0.05, 0.1) is 4.47 Å². The minimum atomic E-state index is -0.421. The van der Waals surface area contributed by atoms with Gasteiger partial charge in [0, 0.05) is 42.3 Å². The number of thioether (sulfide) groups is 1. The van der Waals surface area contributed by atoms with Crippen LogP contribution < -0.4 is 0 Å². The van der Waals surface area contributed by atoms with Crippen molar-refractivity contribution in [2.24, 2.45) is 0 Å². The molecule has 1 heterocycles. The van der Waals surface area contributed by atoms with E-state index in [0.29, 0.717) is 15.6 Å². The molecule has 0 aromatic heterocycles. The van der Waals surface area contributed by atoms with Crippen molar-refractivity contribution < 1.29 is 9.18 Å². The fraction of sp³-hybridized carbons (Fsp3) is 0.278. The molecule has 5 heteroatoms. The maximum absolute atomic E-state index is 13.6. The van der Waals surface area contributed by atoms with Crippen LogP contribution in [0.4, 0.5) is 4.39 Å². The molecule has 0 spiro atoms. The molecule has 0 aliphatic carbocycles. The average Bonchev–Trinajstić information content (AvgIpc) is 2.58. The monoisotopic (exact) mass is 393 g/mol. The topological polar surface area (TPSA) is 20.3 Å². The van der Waals surface area contributed by atoms with Gasteiger partial charge in [-0.25, -0.2) is 4.39 Å². The predicted octanol–water partition coefficient (Wildman–Crippen LogP) is 4.37. The van der Waals surface area contributed by atoms with E-state index in [0.717, 1.165) is 19.6 Å². The molecule has 0 bridgehead atoms. The zero-order valence-electron chi connectivity index (χ0n) is 12.6. The van der Waals surface area contributed by atoms with Crippen molar-refractivity contribution in [3.63, 3.8) is 0 Å². The highest BCUT2D eigenvalue weighted by molar-refractivity contribution is 9.10. The van der Waals surface area contributed by atoms with Crippen LogP contribution in [0.1, 0.15) is 21.5 Å². The van der Waals surface area contributed by atoms with Crippen LogP contribution in [0.5, 0.6) is 0 Å². The molecule has 0 saturated carbocycles. The first-order valence-electron chi connectivity index (χ1n) is 7.52. The molecule has 0 unspecified atom stereocenters. The molecule has 0 atom stereocenters. The van der Waals surface area contributed by atoms with Gasteiger partial charge in [-0.1, -0.05) is 24.3 Å². The minimum Gasteiger partial charge on any atom is -0.297 e. The minimum absolute atomic E-state index is 0.155. The first kappa shape index (κ1) is 16.7. The Labute approximate surface area is 148 Å². The number of hydrogen-bond acceptors (Lipinski definition) is 3. The van der Waals surface area contributed by atoms with Gasteiger partial charge in [0.15, 0.2) is 5.78 Å². The molecular formula is C18H17BrFNOS. The van der Waals surface area contributed by atoms with Gasteiger partial charge in [0.1, 0.15) is 5.82 Å². The van der Waals surface area contributed by atoms with Crippen molar-refractivity contribution in [3.05, 3.63) is 69.4 Å². The summed E-state index contributed by atoms with van der Waals surface area (Å²) in [4.78, 5) is 14.8. The molecule has 1 aliphatic rings. The molecule has 120 valence electrons. The zero-order chi connectivity index (χ0) is 16.2. The lowest BCUT2D eigenvalue weighted by Crippen LogP contribution is -2.31. The van der Waals surface area contributed by atoms with Gasteiger partial charge < -0.3 is 0 Å². The Morgan fingerprint density at radius 1 is 1.09 bits per heavy atom. The largest absolute Gasteiger partial charge is 0.297 e. The molecular weight excluding hydrogens is 377 g/mol. The normalized spacial score (nSPS) is 15.6. The summed E-state index contributed by atoms with van der Waals surface area (Å²) < 4.78 is 13.9. The van der Waals surface area contributed by atoms with Crippen molar-refractivity contribution in [2.45, 2.75) is 6.54 Å². The van der Waals surface area contributed by atoms with Crippen molar-refractivity contribution in [1.29, 1.82) is 0 Å². The van der Waals surface area contributed by atoms with Gasteiger partial charge in [-0.05, 0) is 39.7 Å². The Kier molecular flexibility index (Phi) is 5.51. The maximum atomic E-state index is 13.6. The summed E-state index contributed by atoms with van der Waals surface area (Å²) in [6.45, 7) is 3.15. The van der Waals surface area contributed by atoms with Crippen molar-refractivity contribution in [3.8, 4) is 0 Å². The van der Waals surface area contributed by atoms with Crippen molar-refractivity contribution >= 4 is 33.5 Å². The van der Waals surface area contributed by atoms with Crippen LogP contribution in [0, 0.1) is 5.82 Å². The fourth-order valence-electron chi connectivity index (χ4n) is 2.58. The van der Waals surface area contributed by atoms with Gasteiger partial charge in [0.2, 0.25) is 0 Å². The number of ketones is 1. The van der Waals surface area contributed by atoms with E-state index in [1.165, 1.54) is 23.1 Å². The molecule has 3 rings (SSSR count). The van der Waals surface area contributed by atoms with Crippen LogP contribution in [-0.4, -0.2) is 35.3 Å². The second kappa shape index (κ2) is 7.60. The van der Waals surface area contributed by atoms with E-state index in [2.05, 4.69) is 20.8 Å². The van der Waals surface area contributed by atoms with Gasteiger partial charge in [-0.2, -0.15) is 11.8 Å². The smallest absolute Gasteiger partial charge is 0.193 e. The number of rotatable bonds is 4. The molecule has 1 saturated heterocycles. The van der Waals surface area contributed by atoms with Crippen LogP contribution >= 0.6 is 27.7 Å². The molecule has 0 N–H and O–H groups in total. The maximum Gasteiger partial charge on any atom is 0.193 e. The van der Waals surface area contributed by atoms with E-state index in [1.807, 2.05) is 36.0 Å². The number of halogens is 2. The third-order valence-corrected chi connectivity index (χ3v) is 5.49. The second-order valence-corrected chi connectivity index (χ2v) is 7.62. The van der Waals surface area contributed by atoms with Gasteiger partial charge in [-0.15, -0.1) is 0 Å².